The molecule has 5 rings (SSSR count). The standard InChI is InChI=1S/C16H18N4O3S/c1-19-6-2-3-10-9(7-19)17-15(21)20(10)16-18-13-12(24-16)5-4-11-14(13)23-8-22-11/h4-5,9-10H,2-3,6-8H2,1H3,(H,17,21)/t9-,10+/m0/s1. The predicted octanol–water partition coefficient (Wildman–Crippen LogP) is 2.02. The highest BCUT2D eigenvalue weighted by atomic mass is 32.1. The molecule has 4 heterocycles. The molecule has 0 bridgehead atoms. The average molecular weight is 346 g/mol. The van der Waals surface area contributed by atoms with Gasteiger partial charge in [0.25, 0.3) is 0 Å². The highest BCUT2D eigenvalue weighted by Crippen LogP contribution is 2.43. The van der Waals surface area contributed by atoms with Crippen molar-refractivity contribution in [1.82, 2.24) is 15.2 Å². The number of rotatable bonds is 1. The summed E-state index contributed by atoms with van der Waals surface area (Å²) in [4.78, 5) is 21.4. The molecular weight excluding hydrogens is 328 g/mol. The number of carbonyl (C=O) groups is 1. The van der Waals surface area contributed by atoms with Crippen LogP contribution < -0.4 is 19.7 Å². The molecule has 1 N–H and O–H groups in total. The average Bonchev–Trinajstić information content (AvgIpc) is 3.21. The molecule has 24 heavy (non-hydrogen) atoms. The Hall–Kier alpha value is -2.06. The van der Waals surface area contributed by atoms with Crippen molar-refractivity contribution in [3.63, 3.8) is 0 Å². The molecule has 1 aromatic heterocycles. The van der Waals surface area contributed by atoms with Gasteiger partial charge in [-0.05, 0) is 38.6 Å². The summed E-state index contributed by atoms with van der Waals surface area (Å²) < 4.78 is 12.0. The molecule has 3 aliphatic heterocycles. The van der Waals surface area contributed by atoms with Crippen LogP contribution in [0.1, 0.15) is 12.8 Å². The first kappa shape index (κ1) is 14.3. The molecule has 0 radical (unpaired) electrons. The van der Waals surface area contributed by atoms with Crippen molar-refractivity contribution in [3.8, 4) is 11.5 Å². The fourth-order valence-corrected chi connectivity index (χ4v) is 4.85. The Balaban J connectivity index is 1.55. The van der Waals surface area contributed by atoms with Crippen LogP contribution in [0, 0.1) is 0 Å². The molecule has 2 aromatic rings. The SMILES string of the molecule is CN1CCC[C@@H]2[C@H](C1)NC(=O)N2c1nc2c3c(ccc2s1)OCO3. The van der Waals surface area contributed by atoms with E-state index in [1.165, 1.54) is 11.3 Å². The van der Waals surface area contributed by atoms with Gasteiger partial charge in [0.1, 0.15) is 5.52 Å². The zero-order chi connectivity index (χ0) is 16.3. The summed E-state index contributed by atoms with van der Waals surface area (Å²) in [7, 11) is 2.11. The summed E-state index contributed by atoms with van der Waals surface area (Å²) in [6, 6.07) is 4.15. The summed E-state index contributed by atoms with van der Waals surface area (Å²) in [5, 5.41) is 3.87. The Morgan fingerprint density at radius 1 is 1.38 bits per heavy atom. The van der Waals surface area contributed by atoms with Crippen LogP contribution in [0.25, 0.3) is 10.2 Å². The van der Waals surface area contributed by atoms with E-state index < -0.39 is 0 Å². The van der Waals surface area contributed by atoms with Crippen LogP contribution in [0.3, 0.4) is 0 Å². The largest absolute Gasteiger partial charge is 0.454 e. The van der Waals surface area contributed by atoms with E-state index in [1.807, 2.05) is 17.0 Å². The maximum atomic E-state index is 12.6. The predicted molar refractivity (Wildman–Crippen MR) is 91.1 cm³/mol. The van der Waals surface area contributed by atoms with Gasteiger partial charge >= 0.3 is 6.03 Å². The van der Waals surface area contributed by atoms with Gasteiger partial charge in [0.05, 0.1) is 16.8 Å². The van der Waals surface area contributed by atoms with Crippen LogP contribution in [-0.2, 0) is 0 Å². The second kappa shape index (κ2) is 5.22. The van der Waals surface area contributed by atoms with E-state index in [-0.39, 0.29) is 24.9 Å². The Bertz CT molecular complexity index is 823. The molecule has 1 aromatic carbocycles. The van der Waals surface area contributed by atoms with Crippen LogP contribution in [0.15, 0.2) is 12.1 Å². The van der Waals surface area contributed by atoms with Crippen molar-refractivity contribution >= 4 is 32.7 Å². The van der Waals surface area contributed by atoms with E-state index in [1.54, 1.807) is 0 Å². The highest BCUT2D eigenvalue weighted by Gasteiger charge is 2.43. The summed E-state index contributed by atoms with van der Waals surface area (Å²) >= 11 is 1.53. The minimum Gasteiger partial charge on any atom is -0.454 e. The van der Waals surface area contributed by atoms with Crippen molar-refractivity contribution in [2.75, 3.05) is 31.8 Å². The Morgan fingerprint density at radius 2 is 2.29 bits per heavy atom. The Morgan fingerprint density at radius 3 is 3.21 bits per heavy atom. The molecule has 126 valence electrons. The number of thiazole rings is 1. The van der Waals surface area contributed by atoms with E-state index in [4.69, 9.17) is 14.5 Å². The number of nitrogens with zero attached hydrogens (tertiary/aromatic N) is 3. The number of fused-ring (bicyclic) bond motifs is 4. The lowest BCUT2D eigenvalue weighted by Gasteiger charge is -2.22. The third-order valence-corrected chi connectivity index (χ3v) is 5.98. The molecule has 8 heteroatoms. The van der Waals surface area contributed by atoms with Crippen LogP contribution in [0.5, 0.6) is 11.5 Å². The molecule has 7 nitrogen and oxygen atoms in total. The normalized spacial score (nSPS) is 26.5. The molecule has 3 aliphatic rings. The molecule has 2 atom stereocenters. The van der Waals surface area contributed by atoms with Crippen molar-refractivity contribution < 1.29 is 14.3 Å². The van der Waals surface area contributed by atoms with Crippen LogP contribution in [-0.4, -0.2) is 54.9 Å². The highest BCUT2D eigenvalue weighted by molar-refractivity contribution is 7.22. The topological polar surface area (TPSA) is 66.9 Å². The number of amides is 2. The number of carbonyl (C=O) groups excluding carboxylic acids is 1. The van der Waals surface area contributed by atoms with Crippen molar-refractivity contribution in [1.29, 1.82) is 0 Å². The van der Waals surface area contributed by atoms with E-state index in [9.17, 15) is 4.79 Å². The minimum atomic E-state index is -0.0480. The van der Waals surface area contributed by atoms with Crippen LogP contribution in [0.4, 0.5) is 9.93 Å². The number of anilines is 1. The molecule has 2 fully saturated rings. The van der Waals surface area contributed by atoms with E-state index in [0.29, 0.717) is 5.75 Å². The van der Waals surface area contributed by atoms with Gasteiger partial charge in [0, 0.05) is 6.54 Å². The van der Waals surface area contributed by atoms with Gasteiger partial charge in [-0.1, -0.05) is 11.3 Å². The third kappa shape index (κ3) is 2.06. The van der Waals surface area contributed by atoms with Gasteiger partial charge in [-0.3, -0.25) is 4.90 Å². The number of nitrogens with one attached hydrogen (secondary N) is 1. The second-order valence-corrected chi connectivity index (χ2v) is 7.55. The molecule has 2 saturated heterocycles. The summed E-state index contributed by atoms with van der Waals surface area (Å²) in [6.07, 6.45) is 2.07. The minimum absolute atomic E-state index is 0.0480. The Labute approximate surface area is 143 Å². The van der Waals surface area contributed by atoms with Gasteiger partial charge < -0.3 is 19.7 Å². The molecule has 0 unspecified atom stereocenters. The molecule has 2 amide bonds. The second-order valence-electron chi connectivity index (χ2n) is 6.54. The maximum Gasteiger partial charge on any atom is 0.324 e. The zero-order valence-corrected chi connectivity index (χ0v) is 14.1. The summed E-state index contributed by atoms with van der Waals surface area (Å²) in [5.74, 6) is 1.41. The molecular formula is C16H18N4O3S. The number of likely N-dealkylation sites (tertiary alicyclic amines) is 1. The fourth-order valence-electron chi connectivity index (χ4n) is 3.83. The van der Waals surface area contributed by atoms with Crippen molar-refractivity contribution in [2.24, 2.45) is 0 Å². The van der Waals surface area contributed by atoms with Gasteiger partial charge in [-0.15, -0.1) is 0 Å². The molecule has 0 spiro atoms. The number of hydrogen-bond donors (Lipinski definition) is 1. The lowest BCUT2D eigenvalue weighted by molar-refractivity contribution is 0.174. The van der Waals surface area contributed by atoms with Gasteiger partial charge in [-0.25, -0.2) is 9.78 Å². The smallest absolute Gasteiger partial charge is 0.324 e. The number of ether oxygens (including phenoxy) is 2. The Kier molecular flexibility index (Phi) is 3.11. The van der Waals surface area contributed by atoms with Gasteiger partial charge in [0.15, 0.2) is 16.6 Å². The molecule has 0 saturated carbocycles. The fraction of sp³-hybridized carbons (Fsp3) is 0.500. The summed E-state index contributed by atoms with van der Waals surface area (Å²) in [6.45, 7) is 2.17. The lowest BCUT2D eigenvalue weighted by atomic mass is 10.1. The first-order chi connectivity index (χ1) is 11.7. The number of aromatic nitrogens is 1. The third-order valence-electron chi connectivity index (χ3n) is 4.96. The number of likely N-dealkylation sites (N-methyl/N-ethyl adjacent to an activating group) is 1. The maximum absolute atomic E-state index is 12.6. The summed E-state index contributed by atoms with van der Waals surface area (Å²) in [5.41, 5.74) is 0.784. The number of benzene rings is 1. The van der Waals surface area contributed by atoms with Gasteiger partial charge in [0.2, 0.25) is 6.79 Å². The van der Waals surface area contributed by atoms with Crippen molar-refractivity contribution in [3.05, 3.63) is 12.1 Å². The van der Waals surface area contributed by atoms with Crippen LogP contribution >= 0.6 is 11.3 Å². The van der Waals surface area contributed by atoms with E-state index in [0.717, 1.165) is 47.0 Å². The number of urea groups is 1. The first-order valence-electron chi connectivity index (χ1n) is 8.18. The number of hydrogen-bond acceptors (Lipinski definition) is 6. The first-order valence-corrected chi connectivity index (χ1v) is 9.00. The van der Waals surface area contributed by atoms with Crippen LogP contribution in [0.2, 0.25) is 0 Å². The quantitative estimate of drug-likeness (QED) is 0.856. The van der Waals surface area contributed by atoms with Gasteiger partial charge in [-0.2, -0.15) is 0 Å². The zero-order valence-electron chi connectivity index (χ0n) is 13.3. The van der Waals surface area contributed by atoms with Crippen molar-refractivity contribution in [2.45, 2.75) is 24.9 Å². The van der Waals surface area contributed by atoms with E-state index in [2.05, 4.69) is 17.3 Å². The monoisotopic (exact) mass is 346 g/mol. The van der Waals surface area contributed by atoms with E-state index >= 15 is 0 Å². The lowest BCUT2D eigenvalue weighted by Crippen LogP contribution is -2.40. The molecule has 0 aliphatic carbocycles.